The van der Waals surface area contributed by atoms with Crippen LogP contribution in [0.2, 0.25) is 0 Å². The molecule has 0 aromatic carbocycles. The van der Waals surface area contributed by atoms with Gasteiger partial charge in [-0.25, -0.2) is 4.79 Å². The van der Waals surface area contributed by atoms with E-state index in [0.717, 1.165) is 0 Å². The molecule has 0 atom stereocenters. The van der Waals surface area contributed by atoms with Gasteiger partial charge in [-0.2, -0.15) is 13.2 Å². The topological polar surface area (TPSA) is 52.3 Å². The Morgan fingerprint density at radius 2 is 1.87 bits per heavy atom. The van der Waals surface area contributed by atoms with E-state index in [-0.39, 0.29) is 6.04 Å². The second-order valence-corrected chi connectivity index (χ2v) is 4.17. The van der Waals surface area contributed by atoms with Crippen molar-refractivity contribution in [2.24, 2.45) is 5.73 Å². The second kappa shape index (κ2) is 4.00. The number of carbonyl (C=O) groups excluding carboxylic acids is 1. The zero-order valence-electron chi connectivity index (χ0n) is 8.43. The molecule has 1 aliphatic rings. The van der Waals surface area contributed by atoms with Crippen LogP contribution in [-0.4, -0.2) is 23.8 Å². The molecule has 0 aromatic heterocycles. The number of hydrogen-bond acceptors (Lipinski definition) is 3. The van der Waals surface area contributed by atoms with E-state index in [1.165, 1.54) is 6.92 Å². The minimum atomic E-state index is -4.91. The predicted molar refractivity (Wildman–Crippen MR) is 47.0 cm³/mol. The molecular formula is C9H14F3NO2. The molecule has 88 valence electrons. The van der Waals surface area contributed by atoms with E-state index in [1.54, 1.807) is 0 Å². The van der Waals surface area contributed by atoms with Crippen molar-refractivity contribution in [3.63, 3.8) is 0 Å². The lowest BCUT2D eigenvalue weighted by atomic mass is 9.84. The Hall–Kier alpha value is -0.780. The summed E-state index contributed by atoms with van der Waals surface area (Å²) in [7, 11) is 0. The average molecular weight is 225 g/mol. The molecule has 0 bridgehead atoms. The van der Waals surface area contributed by atoms with Crippen LogP contribution in [0.4, 0.5) is 13.2 Å². The average Bonchev–Trinajstić information content (AvgIpc) is 2.09. The summed E-state index contributed by atoms with van der Waals surface area (Å²) in [6.07, 6.45) is -2.97. The summed E-state index contributed by atoms with van der Waals surface area (Å²) < 4.78 is 40.3. The summed E-state index contributed by atoms with van der Waals surface area (Å²) in [6, 6.07) is 0.00247. The molecule has 0 aromatic rings. The molecule has 0 saturated heterocycles. The summed E-state index contributed by atoms with van der Waals surface area (Å²) in [6.45, 7) is 1.52. The minimum Gasteiger partial charge on any atom is -0.453 e. The molecule has 0 amide bonds. The second-order valence-electron chi connectivity index (χ2n) is 4.17. The van der Waals surface area contributed by atoms with Gasteiger partial charge in [0.2, 0.25) is 0 Å². The predicted octanol–water partition coefficient (Wildman–Crippen LogP) is 1.75. The molecule has 0 heterocycles. The van der Waals surface area contributed by atoms with E-state index in [9.17, 15) is 18.0 Å². The molecule has 1 rings (SSSR count). The van der Waals surface area contributed by atoms with E-state index >= 15 is 0 Å². The van der Waals surface area contributed by atoms with E-state index in [4.69, 9.17) is 5.73 Å². The molecular weight excluding hydrogens is 211 g/mol. The first-order chi connectivity index (χ1) is 6.73. The van der Waals surface area contributed by atoms with Crippen LogP contribution in [0.25, 0.3) is 0 Å². The molecule has 2 N–H and O–H groups in total. The van der Waals surface area contributed by atoms with Crippen LogP contribution in [0.3, 0.4) is 0 Å². The SMILES string of the molecule is CC1(OC(=O)C(F)(F)F)CCC(N)CC1. The normalized spacial score (nSPS) is 32.5. The van der Waals surface area contributed by atoms with E-state index in [0.29, 0.717) is 25.7 Å². The van der Waals surface area contributed by atoms with Gasteiger partial charge in [0.25, 0.3) is 0 Å². The van der Waals surface area contributed by atoms with Crippen molar-refractivity contribution in [2.45, 2.75) is 50.4 Å². The highest BCUT2D eigenvalue weighted by Crippen LogP contribution is 2.32. The van der Waals surface area contributed by atoms with Crippen molar-refractivity contribution in [2.75, 3.05) is 0 Å². The van der Waals surface area contributed by atoms with E-state index < -0.39 is 17.7 Å². The summed E-state index contributed by atoms with van der Waals surface area (Å²) in [4.78, 5) is 10.6. The van der Waals surface area contributed by atoms with Gasteiger partial charge in [-0.3, -0.25) is 0 Å². The number of halogens is 3. The smallest absolute Gasteiger partial charge is 0.453 e. The molecule has 3 nitrogen and oxygen atoms in total. The Kier molecular flexibility index (Phi) is 3.28. The fourth-order valence-electron chi connectivity index (χ4n) is 1.63. The van der Waals surface area contributed by atoms with Gasteiger partial charge < -0.3 is 10.5 Å². The number of ether oxygens (including phenoxy) is 1. The highest BCUT2D eigenvalue weighted by Gasteiger charge is 2.45. The van der Waals surface area contributed by atoms with Crippen LogP contribution in [0.5, 0.6) is 0 Å². The molecule has 1 saturated carbocycles. The summed E-state index contributed by atoms with van der Waals surface area (Å²) >= 11 is 0. The Balaban J connectivity index is 2.54. The van der Waals surface area contributed by atoms with Crippen molar-refractivity contribution >= 4 is 5.97 Å². The Labute approximate surface area is 85.8 Å². The van der Waals surface area contributed by atoms with Gasteiger partial charge in [0.15, 0.2) is 0 Å². The van der Waals surface area contributed by atoms with Crippen LogP contribution < -0.4 is 5.73 Å². The van der Waals surface area contributed by atoms with Crippen LogP contribution in [-0.2, 0) is 9.53 Å². The van der Waals surface area contributed by atoms with Gasteiger partial charge in [0.05, 0.1) is 0 Å². The van der Waals surface area contributed by atoms with Gasteiger partial charge >= 0.3 is 12.1 Å². The highest BCUT2D eigenvalue weighted by molar-refractivity contribution is 5.76. The largest absolute Gasteiger partial charge is 0.490 e. The molecule has 0 radical (unpaired) electrons. The number of nitrogens with two attached hydrogens (primary N) is 1. The third-order valence-electron chi connectivity index (χ3n) is 2.66. The van der Waals surface area contributed by atoms with Crippen molar-refractivity contribution in [3.05, 3.63) is 0 Å². The Morgan fingerprint density at radius 3 is 2.27 bits per heavy atom. The van der Waals surface area contributed by atoms with Gasteiger partial charge in [0, 0.05) is 6.04 Å². The van der Waals surface area contributed by atoms with Gasteiger partial charge in [-0.15, -0.1) is 0 Å². The van der Waals surface area contributed by atoms with Crippen molar-refractivity contribution in [3.8, 4) is 0 Å². The number of alkyl halides is 3. The molecule has 1 aliphatic carbocycles. The number of esters is 1. The molecule has 0 unspecified atom stereocenters. The fraction of sp³-hybridized carbons (Fsp3) is 0.889. The van der Waals surface area contributed by atoms with Crippen LogP contribution in [0.15, 0.2) is 0 Å². The van der Waals surface area contributed by atoms with Gasteiger partial charge in [0.1, 0.15) is 5.60 Å². The zero-order valence-corrected chi connectivity index (χ0v) is 8.43. The summed E-state index contributed by atoms with van der Waals surface area (Å²) in [5.41, 5.74) is 4.60. The monoisotopic (exact) mass is 225 g/mol. The highest BCUT2D eigenvalue weighted by atomic mass is 19.4. The lowest BCUT2D eigenvalue weighted by molar-refractivity contribution is -0.215. The molecule has 6 heteroatoms. The maximum atomic E-state index is 12.0. The minimum absolute atomic E-state index is 0.00247. The zero-order chi connectivity index (χ0) is 11.7. The number of hydrogen-bond donors (Lipinski definition) is 1. The maximum Gasteiger partial charge on any atom is 0.490 e. The molecule has 15 heavy (non-hydrogen) atoms. The third-order valence-corrected chi connectivity index (χ3v) is 2.66. The molecule has 0 spiro atoms. The first-order valence-corrected chi connectivity index (χ1v) is 4.79. The first-order valence-electron chi connectivity index (χ1n) is 4.79. The van der Waals surface area contributed by atoms with Crippen LogP contribution >= 0.6 is 0 Å². The molecule has 0 aliphatic heterocycles. The summed E-state index contributed by atoms with van der Waals surface area (Å²) in [5, 5.41) is 0. The van der Waals surface area contributed by atoms with E-state index in [1.807, 2.05) is 0 Å². The number of rotatable bonds is 1. The Bertz CT molecular complexity index is 244. The van der Waals surface area contributed by atoms with Crippen LogP contribution in [0, 0.1) is 0 Å². The van der Waals surface area contributed by atoms with Gasteiger partial charge in [-0.1, -0.05) is 0 Å². The maximum absolute atomic E-state index is 12.0. The van der Waals surface area contributed by atoms with Gasteiger partial charge in [-0.05, 0) is 32.6 Å². The lowest BCUT2D eigenvalue weighted by Gasteiger charge is -2.35. The third kappa shape index (κ3) is 3.37. The Morgan fingerprint density at radius 1 is 1.40 bits per heavy atom. The standard InChI is InChI=1S/C9H14F3NO2/c1-8(4-2-6(13)3-5-8)15-7(14)9(10,11)12/h6H,2-5,13H2,1H3. The van der Waals surface area contributed by atoms with Crippen LogP contribution in [0.1, 0.15) is 32.6 Å². The van der Waals surface area contributed by atoms with E-state index in [2.05, 4.69) is 4.74 Å². The lowest BCUT2D eigenvalue weighted by Crippen LogP contribution is -2.43. The van der Waals surface area contributed by atoms with Crippen molar-refractivity contribution < 1.29 is 22.7 Å². The first kappa shape index (κ1) is 12.3. The van der Waals surface area contributed by atoms with Crippen molar-refractivity contribution in [1.82, 2.24) is 0 Å². The summed E-state index contributed by atoms with van der Waals surface area (Å²) in [5.74, 6) is -2.11. The number of carbonyl (C=O) groups is 1. The fourth-order valence-corrected chi connectivity index (χ4v) is 1.63. The van der Waals surface area contributed by atoms with Crippen molar-refractivity contribution in [1.29, 1.82) is 0 Å². The quantitative estimate of drug-likeness (QED) is 0.692. The molecule has 1 fully saturated rings.